The lowest BCUT2D eigenvalue weighted by Crippen LogP contribution is -2.08. The van der Waals surface area contributed by atoms with E-state index in [0.29, 0.717) is 6.61 Å². The van der Waals surface area contributed by atoms with E-state index in [9.17, 15) is 8.42 Å². The Morgan fingerprint density at radius 1 is 1.75 bits per heavy atom. The van der Waals surface area contributed by atoms with Crippen molar-refractivity contribution in [2.75, 3.05) is 6.61 Å². The smallest absolute Gasteiger partial charge is 0.167 e. The molecule has 0 aliphatic rings. The van der Waals surface area contributed by atoms with E-state index in [4.69, 9.17) is 0 Å². The molecule has 3 nitrogen and oxygen atoms in total. The van der Waals surface area contributed by atoms with Gasteiger partial charge in [-0.2, -0.15) is 0 Å². The molecule has 0 aliphatic carbocycles. The fourth-order valence-electron chi connectivity index (χ4n) is 0.253. The van der Waals surface area contributed by atoms with Crippen molar-refractivity contribution >= 4 is 10.7 Å². The number of ether oxygens (including phenoxy) is 1. The first-order valence-electron chi connectivity index (χ1n) is 2.26. The molecule has 0 heterocycles. The largest absolute Gasteiger partial charge is 0.363 e. The summed E-state index contributed by atoms with van der Waals surface area (Å²) >= 11 is 0. The molecule has 0 fully saturated rings. The van der Waals surface area contributed by atoms with Crippen molar-refractivity contribution in [3.8, 4) is 0 Å². The van der Waals surface area contributed by atoms with E-state index in [-0.39, 0.29) is 0 Å². The average Bonchev–Trinajstić information content (AvgIpc) is 1.67. The third kappa shape index (κ3) is 2.98. The van der Waals surface area contributed by atoms with Gasteiger partial charge in [-0.25, -0.2) is 8.42 Å². The zero-order valence-electron chi connectivity index (χ0n) is 4.66. The SMILES string of the molecule is [CH2]C(OCC)[SH](=O)=O. The lowest BCUT2D eigenvalue weighted by Gasteiger charge is -1.99. The summed E-state index contributed by atoms with van der Waals surface area (Å²) in [4.78, 5) is 0. The number of rotatable bonds is 3. The molecule has 49 valence electrons. The van der Waals surface area contributed by atoms with Crippen LogP contribution < -0.4 is 0 Å². The molecule has 0 spiro atoms. The summed E-state index contributed by atoms with van der Waals surface area (Å²) in [5.74, 6) is 0. The van der Waals surface area contributed by atoms with Crippen LogP contribution in [-0.4, -0.2) is 20.5 Å². The highest BCUT2D eigenvalue weighted by atomic mass is 32.2. The quantitative estimate of drug-likeness (QED) is 0.547. The molecule has 1 atom stereocenters. The van der Waals surface area contributed by atoms with Gasteiger partial charge < -0.3 is 4.74 Å². The summed E-state index contributed by atoms with van der Waals surface area (Å²) in [6, 6.07) is 0. The Labute approximate surface area is 50.6 Å². The molecule has 1 radical (unpaired) electrons. The van der Waals surface area contributed by atoms with Crippen molar-refractivity contribution in [1.82, 2.24) is 0 Å². The van der Waals surface area contributed by atoms with Gasteiger partial charge in [-0.15, -0.1) is 0 Å². The maximum atomic E-state index is 9.94. The molecule has 0 amide bonds. The molecule has 8 heavy (non-hydrogen) atoms. The van der Waals surface area contributed by atoms with Crippen LogP contribution in [0.25, 0.3) is 0 Å². The minimum absolute atomic E-state index is 0.386. The Bertz CT molecular complexity index is 110. The maximum Gasteiger partial charge on any atom is 0.167 e. The summed E-state index contributed by atoms with van der Waals surface area (Å²) in [6.45, 7) is 5.31. The Balaban J connectivity index is 3.48. The molecule has 0 saturated heterocycles. The van der Waals surface area contributed by atoms with Crippen molar-refractivity contribution in [3.63, 3.8) is 0 Å². The van der Waals surface area contributed by atoms with E-state index in [1.165, 1.54) is 0 Å². The predicted molar refractivity (Wildman–Crippen MR) is 31.1 cm³/mol. The first kappa shape index (κ1) is 7.91. The molecule has 0 rings (SSSR count). The minimum Gasteiger partial charge on any atom is -0.363 e. The molecule has 1 unspecified atom stereocenters. The number of thiol groups is 1. The van der Waals surface area contributed by atoms with Gasteiger partial charge in [-0.3, -0.25) is 0 Å². The first-order chi connectivity index (χ1) is 3.68. The van der Waals surface area contributed by atoms with Crippen molar-refractivity contribution in [1.29, 1.82) is 0 Å². The Hall–Kier alpha value is -0.0900. The van der Waals surface area contributed by atoms with Crippen molar-refractivity contribution in [2.24, 2.45) is 0 Å². The summed E-state index contributed by atoms with van der Waals surface area (Å²) < 4.78 is 24.5. The van der Waals surface area contributed by atoms with Gasteiger partial charge in [-0.05, 0) is 13.8 Å². The second-order valence-corrected chi connectivity index (χ2v) is 2.34. The molecule has 0 bridgehead atoms. The second-order valence-electron chi connectivity index (χ2n) is 1.20. The maximum absolute atomic E-state index is 9.94. The van der Waals surface area contributed by atoms with E-state index in [1.54, 1.807) is 6.92 Å². The van der Waals surface area contributed by atoms with Crippen LogP contribution in [0.2, 0.25) is 0 Å². The zero-order chi connectivity index (χ0) is 6.57. The summed E-state index contributed by atoms with van der Waals surface area (Å²) in [6.07, 6.45) is 0. The summed E-state index contributed by atoms with van der Waals surface area (Å²) in [5.41, 5.74) is -0.880. The van der Waals surface area contributed by atoms with E-state index < -0.39 is 16.1 Å². The van der Waals surface area contributed by atoms with Crippen LogP contribution in [0.3, 0.4) is 0 Å². The van der Waals surface area contributed by atoms with Gasteiger partial charge >= 0.3 is 0 Å². The molecular formula is C4H9O3S. The van der Waals surface area contributed by atoms with E-state index in [2.05, 4.69) is 11.7 Å². The van der Waals surface area contributed by atoms with Crippen LogP contribution >= 0.6 is 0 Å². The molecule has 4 heteroatoms. The zero-order valence-corrected chi connectivity index (χ0v) is 5.56. The monoisotopic (exact) mass is 137 g/mol. The van der Waals surface area contributed by atoms with Crippen LogP contribution in [0.1, 0.15) is 6.92 Å². The van der Waals surface area contributed by atoms with Gasteiger partial charge in [0.15, 0.2) is 16.1 Å². The highest BCUT2D eigenvalue weighted by molar-refractivity contribution is 7.73. The van der Waals surface area contributed by atoms with Crippen molar-refractivity contribution in [3.05, 3.63) is 6.92 Å². The molecule has 0 aromatic carbocycles. The Morgan fingerprint density at radius 2 is 2.25 bits per heavy atom. The fraction of sp³-hybridized carbons (Fsp3) is 0.750. The Kier molecular flexibility index (Phi) is 3.81. The third-order valence-electron chi connectivity index (χ3n) is 0.594. The van der Waals surface area contributed by atoms with Gasteiger partial charge in [0.1, 0.15) is 0 Å². The van der Waals surface area contributed by atoms with Crippen LogP contribution in [0, 0.1) is 6.92 Å². The molecule has 0 saturated carbocycles. The molecule has 0 aliphatic heterocycles. The highest BCUT2D eigenvalue weighted by Crippen LogP contribution is 1.87. The lowest BCUT2D eigenvalue weighted by atomic mass is 10.8. The lowest BCUT2D eigenvalue weighted by molar-refractivity contribution is 0.147. The van der Waals surface area contributed by atoms with Crippen LogP contribution in [0.5, 0.6) is 0 Å². The summed E-state index contributed by atoms with van der Waals surface area (Å²) in [5, 5.41) is 0. The molecule has 0 N–H and O–H groups in total. The standard InChI is InChI=1S/C4H9O3S/c1-3-7-4(2)8(5)6/h4,8H,2-3H2,1H3. The molecular weight excluding hydrogens is 128 g/mol. The number of hydrogen-bond donors (Lipinski definition) is 1. The van der Waals surface area contributed by atoms with Gasteiger partial charge in [0.25, 0.3) is 0 Å². The van der Waals surface area contributed by atoms with Crippen molar-refractivity contribution < 1.29 is 13.2 Å². The predicted octanol–water partition coefficient (Wildman–Crippen LogP) is -0.206. The van der Waals surface area contributed by atoms with Gasteiger partial charge in [-0.1, -0.05) is 0 Å². The van der Waals surface area contributed by atoms with Crippen molar-refractivity contribution in [2.45, 2.75) is 12.4 Å². The van der Waals surface area contributed by atoms with Gasteiger partial charge in [0, 0.05) is 6.61 Å². The second kappa shape index (κ2) is 3.86. The van der Waals surface area contributed by atoms with Crippen LogP contribution in [0.15, 0.2) is 0 Å². The molecule has 0 aromatic heterocycles. The summed E-state index contributed by atoms with van der Waals surface area (Å²) in [7, 11) is -2.50. The van der Waals surface area contributed by atoms with Crippen LogP contribution in [0.4, 0.5) is 0 Å². The molecule has 0 aromatic rings. The van der Waals surface area contributed by atoms with E-state index in [1.807, 2.05) is 0 Å². The Morgan fingerprint density at radius 3 is 2.38 bits per heavy atom. The average molecular weight is 137 g/mol. The topological polar surface area (TPSA) is 43.4 Å². The fourth-order valence-corrected chi connectivity index (χ4v) is 0.524. The van der Waals surface area contributed by atoms with Crippen LogP contribution in [-0.2, 0) is 15.4 Å². The van der Waals surface area contributed by atoms with Gasteiger partial charge in [0.2, 0.25) is 0 Å². The minimum atomic E-state index is -2.50. The normalized spacial score (nSPS) is 14.4. The third-order valence-corrected chi connectivity index (χ3v) is 1.21. The highest BCUT2D eigenvalue weighted by Gasteiger charge is 1.99. The van der Waals surface area contributed by atoms with Gasteiger partial charge in [0.05, 0.1) is 0 Å². The van der Waals surface area contributed by atoms with E-state index in [0.717, 1.165) is 0 Å². The van der Waals surface area contributed by atoms with E-state index >= 15 is 0 Å². The number of hydrogen-bond acceptors (Lipinski definition) is 3. The first-order valence-corrected chi connectivity index (χ1v) is 3.51.